The third-order valence-corrected chi connectivity index (χ3v) is 8.85. The number of aldehydes is 1. The number of sulfone groups is 1. The number of carbonyl (C=O) groups excluding carboxylic acids is 3. The fraction of sp³-hybridized carbons (Fsp3) is 0.688. The van der Waals surface area contributed by atoms with Crippen molar-refractivity contribution < 1.29 is 27.5 Å². The number of hydrogen-bond acceptors (Lipinski definition) is 8. The van der Waals surface area contributed by atoms with Gasteiger partial charge in [-0.2, -0.15) is 0 Å². The van der Waals surface area contributed by atoms with Gasteiger partial charge in [0.25, 0.3) is 7.48 Å². The number of hydrogen-bond donors (Lipinski definition) is 1. The molecule has 2 amide bonds. The van der Waals surface area contributed by atoms with Crippen molar-refractivity contribution in [2.24, 2.45) is 0 Å². The number of β-lactam (4-membered cyclic amide) rings is 1. The summed E-state index contributed by atoms with van der Waals surface area (Å²) in [6, 6.07) is -1.16. The van der Waals surface area contributed by atoms with Crippen molar-refractivity contribution >= 4 is 35.4 Å². The highest BCUT2D eigenvalue weighted by Gasteiger charge is 2.69. The quantitative estimate of drug-likeness (QED) is 0.313. The van der Waals surface area contributed by atoms with E-state index in [9.17, 15) is 22.8 Å². The number of nitrogens with zero attached hydrogens (tertiary/aromatic N) is 4. The first-order valence-corrected chi connectivity index (χ1v) is 11.1. The normalized spacial score (nSPS) is 35.3. The van der Waals surface area contributed by atoms with E-state index in [0.717, 1.165) is 6.29 Å². The summed E-state index contributed by atoms with van der Waals surface area (Å²) in [6.07, 6.45) is 5.02. The molecule has 0 aromatic carbocycles. The standard InChI is InChI=1S/C16H22BN5O6S/c1-16(9-21-6-5-18-20-21)14(22-12(24)8-13(22)29(16,26)27)15(25)19-11-3-2-10(4-7-23)28-17-11/h5-7,10-11,13-14,17H,2-4,8-9H2,1H3,(H,19,25)/t10-,11-,13?,14-,16-/m0/s1. The molecule has 3 aliphatic rings. The van der Waals surface area contributed by atoms with Gasteiger partial charge in [-0.3, -0.25) is 14.3 Å². The fourth-order valence-corrected chi connectivity index (χ4v) is 6.81. The Morgan fingerprint density at radius 2 is 2.28 bits per heavy atom. The molecule has 0 aliphatic carbocycles. The maximum atomic E-state index is 13.2. The Kier molecular flexibility index (Phi) is 4.97. The molecule has 5 atom stereocenters. The van der Waals surface area contributed by atoms with Gasteiger partial charge in [0, 0.05) is 24.7 Å². The average Bonchev–Trinajstić information content (AvgIpc) is 3.21. The van der Waals surface area contributed by atoms with Gasteiger partial charge in [0.1, 0.15) is 22.4 Å². The van der Waals surface area contributed by atoms with Gasteiger partial charge >= 0.3 is 0 Å². The van der Waals surface area contributed by atoms with Gasteiger partial charge in [0.05, 0.1) is 19.2 Å². The molecule has 0 radical (unpaired) electrons. The molecule has 1 unspecified atom stereocenters. The highest BCUT2D eigenvalue weighted by Crippen LogP contribution is 2.46. The predicted octanol–water partition coefficient (Wildman–Crippen LogP) is -2.05. The van der Waals surface area contributed by atoms with Crippen LogP contribution in [0.5, 0.6) is 0 Å². The van der Waals surface area contributed by atoms with E-state index in [-0.39, 0.29) is 38.4 Å². The minimum absolute atomic E-state index is 0.0870. The molecule has 3 saturated heterocycles. The first-order valence-electron chi connectivity index (χ1n) is 9.52. The second kappa shape index (κ2) is 7.20. The maximum absolute atomic E-state index is 13.2. The van der Waals surface area contributed by atoms with Crippen LogP contribution in [0.3, 0.4) is 0 Å². The summed E-state index contributed by atoms with van der Waals surface area (Å²) in [5.74, 6) is -1.18. The summed E-state index contributed by atoms with van der Waals surface area (Å²) in [4.78, 5) is 37.2. The summed E-state index contributed by atoms with van der Waals surface area (Å²) in [7, 11) is -3.57. The minimum atomic E-state index is -3.80. The van der Waals surface area contributed by atoms with Crippen molar-refractivity contribution in [1.82, 2.24) is 25.2 Å². The van der Waals surface area contributed by atoms with Crippen LogP contribution in [0.25, 0.3) is 0 Å². The molecule has 156 valence electrons. The predicted molar refractivity (Wildman–Crippen MR) is 100 cm³/mol. The van der Waals surface area contributed by atoms with Gasteiger partial charge in [-0.1, -0.05) is 5.21 Å². The zero-order valence-electron chi connectivity index (χ0n) is 15.9. The summed E-state index contributed by atoms with van der Waals surface area (Å²) >= 11 is 0. The third kappa shape index (κ3) is 3.16. The Hall–Kier alpha value is -2.28. The SMILES string of the molecule is C[C@]1(Cn2ccnn2)[C@H](C(=O)N[C@@H]2BO[C@H](CC=O)CC2)N2C(=O)CC2S1(=O)=O. The zero-order chi connectivity index (χ0) is 20.8. The lowest BCUT2D eigenvalue weighted by Crippen LogP contribution is -2.62. The maximum Gasteiger partial charge on any atom is 0.297 e. The molecular weight excluding hydrogens is 401 g/mol. The highest BCUT2D eigenvalue weighted by molar-refractivity contribution is 7.93. The summed E-state index contributed by atoms with van der Waals surface area (Å²) in [5, 5.41) is 9.39. The number of rotatable bonds is 6. The van der Waals surface area contributed by atoms with Crippen LogP contribution in [-0.4, -0.2) is 82.1 Å². The van der Waals surface area contributed by atoms with Gasteiger partial charge in [-0.15, -0.1) is 5.10 Å². The Balaban J connectivity index is 1.55. The number of carbonyl (C=O) groups is 3. The van der Waals surface area contributed by atoms with Gasteiger partial charge in [-0.05, 0) is 19.8 Å². The second-order valence-corrected chi connectivity index (χ2v) is 10.5. The Labute approximate surface area is 168 Å². The second-order valence-electron chi connectivity index (χ2n) is 7.96. The van der Waals surface area contributed by atoms with Gasteiger partial charge < -0.3 is 19.7 Å². The lowest BCUT2D eigenvalue weighted by molar-refractivity contribution is -0.150. The van der Waals surface area contributed by atoms with E-state index in [1.807, 2.05) is 0 Å². The van der Waals surface area contributed by atoms with E-state index in [1.54, 1.807) is 0 Å². The summed E-state index contributed by atoms with van der Waals surface area (Å²) in [6.45, 7) is 1.40. The molecule has 13 heteroatoms. The van der Waals surface area contributed by atoms with Crippen molar-refractivity contribution in [3.63, 3.8) is 0 Å². The van der Waals surface area contributed by atoms with Gasteiger partial charge in [-0.25, -0.2) is 8.42 Å². The van der Waals surface area contributed by atoms with Crippen LogP contribution in [0, 0.1) is 0 Å². The number of amides is 2. The number of aromatic nitrogens is 3. The lowest BCUT2D eigenvalue weighted by Gasteiger charge is -2.38. The zero-order valence-corrected chi connectivity index (χ0v) is 16.7. The summed E-state index contributed by atoms with van der Waals surface area (Å²) in [5.41, 5.74) is 0. The van der Waals surface area contributed by atoms with Crippen LogP contribution >= 0.6 is 0 Å². The molecule has 29 heavy (non-hydrogen) atoms. The van der Waals surface area contributed by atoms with Crippen molar-refractivity contribution in [2.45, 2.75) is 67.4 Å². The van der Waals surface area contributed by atoms with Crippen LogP contribution in [0.1, 0.15) is 32.6 Å². The largest absolute Gasteiger partial charge is 0.434 e. The smallest absolute Gasteiger partial charge is 0.297 e. The van der Waals surface area contributed by atoms with E-state index < -0.39 is 31.9 Å². The van der Waals surface area contributed by atoms with Crippen molar-refractivity contribution in [3.8, 4) is 0 Å². The van der Waals surface area contributed by atoms with Crippen molar-refractivity contribution in [3.05, 3.63) is 12.4 Å². The van der Waals surface area contributed by atoms with Crippen molar-refractivity contribution in [1.29, 1.82) is 0 Å². The molecular formula is C16H22BN5O6S. The van der Waals surface area contributed by atoms with Crippen LogP contribution in [0.15, 0.2) is 12.4 Å². The van der Waals surface area contributed by atoms with Crippen molar-refractivity contribution in [2.75, 3.05) is 0 Å². The first kappa shape index (κ1) is 20.0. The molecule has 3 fully saturated rings. The highest BCUT2D eigenvalue weighted by atomic mass is 32.2. The van der Waals surface area contributed by atoms with E-state index in [2.05, 4.69) is 15.6 Å². The van der Waals surface area contributed by atoms with E-state index >= 15 is 0 Å². The number of fused-ring (bicyclic) bond motifs is 1. The molecule has 11 nitrogen and oxygen atoms in total. The van der Waals surface area contributed by atoms with E-state index in [0.29, 0.717) is 19.3 Å². The average molecular weight is 423 g/mol. The Bertz CT molecular complexity index is 916. The molecule has 1 aromatic heterocycles. The molecule has 4 heterocycles. The molecule has 1 N–H and O–H groups in total. The molecule has 0 bridgehead atoms. The Morgan fingerprint density at radius 1 is 1.48 bits per heavy atom. The van der Waals surface area contributed by atoms with Gasteiger partial charge in [0.2, 0.25) is 11.8 Å². The lowest BCUT2D eigenvalue weighted by atomic mass is 9.79. The topological polar surface area (TPSA) is 141 Å². The molecule has 0 saturated carbocycles. The monoisotopic (exact) mass is 423 g/mol. The molecule has 4 rings (SSSR count). The molecule has 3 aliphatic heterocycles. The summed E-state index contributed by atoms with van der Waals surface area (Å²) < 4.78 is 31.8. The van der Waals surface area contributed by atoms with Gasteiger partial charge in [0.15, 0.2) is 9.84 Å². The van der Waals surface area contributed by atoms with Crippen LogP contribution < -0.4 is 5.32 Å². The van der Waals surface area contributed by atoms with E-state index in [4.69, 9.17) is 4.65 Å². The third-order valence-electron chi connectivity index (χ3n) is 6.08. The molecule has 1 aromatic rings. The van der Waals surface area contributed by atoms with Crippen LogP contribution in [-0.2, 0) is 35.4 Å². The van der Waals surface area contributed by atoms with Crippen LogP contribution in [0.4, 0.5) is 0 Å². The van der Waals surface area contributed by atoms with Crippen LogP contribution in [0.2, 0.25) is 0 Å². The minimum Gasteiger partial charge on any atom is -0.434 e. The number of nitrogens with one attached hydrogen (secondary N) is 1. The Morgan fingerprint density at radius 3 is 2.86 bits per heavy atom. The van der Waals surface area contributed by atoms with E-state index in [1.165, 1.54) is 28.9 Å². The first-order chi connectivity index (χ1) is 13.8. The molecule has 0 spiro atoms. The fourth-order valence-electron chi connectivity index (χ4n) is 4.44.